The molecule has 0 bridgehead atoms. The standard InChI is InChI=1S/C10H9ClN4O2S/c11-8(6-13-14-10(12)18)5-7-1-3-9(4-2-7)15(16)17/h1-6H,(H3,12,14,18)/b8-5-,13-6+. The summed E-state index contributed by atoms with van der Waals surface area (Å²) in [6.07, 6.45) is 2.91. The molecule has 0 spiro atoms. The molecule has 6 nitrogen and oxygen atoms in total. The molecule has 3 N–H and O–H groups in total. The lowest BCUT2D eigenvalue weighted by molar-refractivity contribution is -0.384. The quantitative estimate of drug-likeness (QED) is 0.382. The molecular formula is C10H9ClN4O2S. The van der Waals surface area contributed by atoms with Crippen LogP contribution in [0.2, 0.25) is 0 Å². The SMILES string of the molecule is NC(=S)N/N=C/C(Cl)=C/c1ccc([N+](=O)[O-])cc1. The molecule has 0 saturated heterocycles. The maximum Gasteiger partial charge on any atom is 0.269 e. The van der Waals surface area contributed by atoms with Gasteiger partial charge in [0.05, 0.1) is 16.2 Å². The van der Waals surface area contributed by atoms with Crippen LogP contribution < -0.4 is 11.2 Å². The monoisotopic (exact) mass is 284 g/mol. The zero-order valence-electron chi connectivity index (χ0n) is 9.04. The first-order valence-corrected chi connectivity index (χ1v) is 5.48. The first-order valence-electron chi connectivity index (χ1n) is 4.69. The number of benzene rings is 1. The normalized spacial score (nSPS) is 11.5. The summed E-state index contributed by atoms with van der Waals surface area (Å²) in [5.74, 6) is 0. The lowest BCUT2D eigenvalue weighted by atomic mass is 10.2. The summed E-state index contributed by atoms with van der Waals surface area (Å²) >= 11 is 10.4. The van der Waals surface area contributed by atoms with Crippen molar-refractivity contribution in [1.82, 2.24) is 5.43 Å². The lowest BCUT2D eigenvalue weighted by Crippen LogP contribution is -2.23. The van der Waals surface area contributed by atoms with Crippen LogP contribution in [0.3, 0.4) is 0 Å². The van der Waals surface area contributed by atoms with Gasteiger partial charge >= 0.3 is 0 Å². The van der Waals surface area contributed by atoms with Crippen molar-refractivity contribution in [3.8, 4) is 0 Å². The molecule has 0 atom stereocenters. The van der Waals surface area contributed by atoms with Crippen molar-refractivity contribution in [2.75, 3.05) is 0 Å². The second-order valence-electron chi connectivity index (χ2n) is 3.11. The molecular weight excluding hydrogens is 276 g/mol. The van der Waals surface area contributed by atoms with E-state index in [0.29, 0.717) is 10.6 Å². The van der Waals surface area contributed by atoms with Gasteiger partial charge < -0.3 is 5.73 Å². The Morgan fingerprint density at radius 2 is 2.11 bits per heavy atom. The molecule has 0 unspecified atom stereocenters. The zero-order chi connectivity index (χ0) is 13.5. The number of nitrogens with two attached hydrogens (primary N) is 1. The Balaban J connectivity index is 2.73. The highest BCUT2D eigenvalue weighted by Gasteiger charge is 2.02. The van der Waals surface area contributed by atoms with E-state index in [2.05, 4.69) is 22.7 Å². The summed E-state index contributed by atoms with van der Waals surface area (Å²) in [6, 6.07) is 5.94. The maximum absolute atomic E-state index is 10.5. The summed E-state index contributed by atoms with van der Waals surface area (Å²) in [4.78, 5) is 9.98. The summed E-state index contributed by atoms with van der Waals surface area (Å²) in [7, 11) is 0. The summed E-state index contributed by atoms with van der Waals surface area (Å²) in [5, 5.41) is 14.5. The van der Waals surface area contributed by atoms with Crippen LogP contribution in [0, 0.1) is 10.1 Å². The van der Waals surface area contributed by atoms with Crippen LogP contribution in [0.15, 0.2) is 34.4 Å². The Kier molecular flexibility index (Phi) is 5.22. The number of thiocarbonyl (C=S) groups is 1. The lowest BCUT2D eigenvalue weighted by Gasteiger charge is -1.95. The third-order valence-electron chi connectivity index (χ3n) is 1.77. The van der Waals surface area contributed by atoms with Gasteiger partial charge in [-0.1, -0.05) is 11.6 Å². The summed E-state index contributed by atoms with van der Waals surface area (Å²) in [6.45, 7) is 0. The second-order valence-corrected chi connectivity index (χ2v) is 3.99. The molecule has 0 saturated carbocycles. The Morgan fingerprint density at radius 1 is 1.50 bits per heavy atom. The zero-order valence-corrected chi connectivity index (χ0v) is 10.6. The molecule has 1 rings (SSSR count). The molecule has 0 aliphatic rings. The van der Waals surface area contributed by atoms with Gasteiger partial charge in [-0.3, -0.25) is 15.5 Å². The minimum absolute atomic E-state index is 0.0205. The van der Waals surface area contributed by atoms with Crippen LogP contribution in [0.25, 0.3) is 6.08 Å². The number of hydrogen-bond acceptors (Lipinski definition) is 4. The van der Waals surface area contributed by atoms with Crippen molar-refractivity contribution in [2.24, 2.45) is 10.8 Å². The van der Waals surface area contributed by atoms with E-state index in [1.165, 1.54) is 18.3 Å². The van der Waals surface area contributed by atoms with Gasteiger partial charge in [0, 0.05) is 12.1 Å². The molecule has 8 heteroatoms. The van der Waals surface area contributed by atoms with Crippen LogP contribution in [-0.4, -0.2) is 16.3 Å². The van der Waals surface area contributed by atoms with Crippen LogP contribution in [0.1, 0.15) is 5.56 Å². The number of nitrogens with one attached hydrogen (secondary N) is 1. The number of non-ortho nitro benzene ring substituents is 1. The average molecular weight is 285 g/mol. The van der Waals surface area contributed by atoms with Gasteiger partial charge in [-0.05, 0) is 36.0 Å². The molecule has 0 amide bonds. The van der Waals surface area contributed by atoms with Crippen LogP contribution in [-0.2, 0) is 0 Å². The van der Waals surface area contributed by atoms with E-state index in [-0.39, 0.29) is 10.8 Å². The molecule has 0 radical (unpaired) electrons. The van der Waals surface area contributed by atoms with Crippen molar-refractivity contribution >= 4 is 46.9 Å². The number of halogens is 1. The number of nitro benzene ring substituents is 1. The Labute approximate surface area is 113 Å². The fourth-order valence-corrected chi connectivity index (χ4v) is 1.27. The van der Waals surface area contributed by atoms with Gasteiger partial charge in [0.15, 0.2) is 5.11 Å². The minimum atomic E-state index is -0.470. The van der Waals surface area contributed by atoms with Crippen LogP contribution >= 0.6 is 23.8 Å². The topological polar surface area (TPSA) is 93.5 Å². The van der Waals surface area contributed by atoms with Crippen molar-refractivity contribution in [3.05, 3.63) is 45.0 Å². The fraction of sp³-hybridized carbons (Fsp3) is 0. The van der Waals surface area contributed by atoms with E-state index in [1.807, 2.05) is 0 Å². The number of rotatable bonds is 4. The number of allylic oxidation sites excluding steroid dienone is 1. The van der Waals surface area contributed by atoms with E-state index in [4.69, 9.17) is 17.3 Å². The molecule has 94 valence electrons. The predicted molar refractivity (Wildman–Crippen MR) is 75.3 cm³/mol. The highest BCUT2D eigenvalue weighted by atomic mass is 35.5. The van der Waals surface area contributed by atoms with Crippen LogP contribution in [0.4, 0.5) is 5.69 Å². The van der Waals surface area contributed by atoms with E-state index >= 15 is 0 Å². The maximum atomic E-state index is 10.5. The minimum Gasteiger partial charge on any atom is -0.375 e. The molecule has 0 fully saturated rings. The summed E-state index contributed by atoms with van der Waals surface area (Å²) < 4.78 is 0. The highest BCUT2D eigenvalue weighted by Crippen LogP contribution is 2.14. The van der Waals surface area contributed by atoms with E-state index in [0.717, 1.165) is 0 Å². The molecule has 18 heavy (non-hydrogen) atoms. The van der Waals surface area contributed by atoms with Crippen molar-refractivity contribution in [1.29, 1.82) is 0 Å². The molecule has 0 heterocycles. The van der Waals surface area contributed by atoms with Gasteiger partial charge in [-0.25, -0.2) is 0 Å². The average Bonchev–Trinajstić information content (AvgIpc) is 2.29. The molecule has 1 aromatic rings. The van der Waals surface area contributed by atoms with Gasteiger partial charge in [0.1, 0.15) is 0 Å². The Hall–Kier alpha value is -1.99. The van der Waals surface area contributed by atoms with Crippen molar-refractivity contribution in [2.45, 2.75) is 0 Å². The molecule has 1 aromatic carbocycles. The molecule has 0 aliphatic heterocycles. The van der Waals surface area contributed by atoms with E-state index in [9.17, 15) is 10.1 Å². The van der Waals surface area contributed by atoms with Crippen molar-refractivity contribution < 1.29 is 4.92 Å². The van der Waals surface area contributed by atoms with Crippen LogP contribution in [0.5, 0.6) is 0 Å². The van der Waals surface area contributed by atoms with E-state index in [1.54, 1.807) is 18.2 Å². The Morgan fingerprint density at radius 3 is 2.61 bits per heavy atom. The third kappa shape index (κ3) is 4.89. The van der Waals surface area contributed by atoms with Gasteiger partial charge in [-0.15, -0.1) is 0 Å². The summed E-state index contributed by atoms with van der Waals surface area (Å²) in [5.41, 5.74) is 8.24. The molecule has 0 aliphatic carbocycles. The second kappa shape index (κ2) is 6.67. The molecule has 0 aromatic heterocycles. The number of nitrogens with zero attached hydrogens (tertiary/aromatic N) is 2. The smallest absolute Gasteiger partial charge is 0.269 e. The van der Waals surface area contributed by atoms with Gasteiger partial charge in [-0.2, -0.15) is 5.10 Å². The third-order valence-corrected chi connectivity index (χ3v) is 2.07. The largest absolute Gasteiger partial charge is 0.375 e. The first-order chi connectivity index (χ1) is 8.49. The highest BCUT2D eigenvalue weighted by molar-refractivity contribution is 7.80. The number of hydrogen-bond donors (Lipinski definition) is 2. The number of nitro groups is 1. The first kappa shape index (κ1) is 14.1. The Bertz CT molecular complexity index is 513. The van der Waals surface area contributed by atoms with Crippen molar-refractivity contribution in [3.63, 3.8) is 0 Å². The predicted octanol–water partition coefficient (Wildman–Crippen LogP) is 1.99. The van der Waals surface area contributed by atoms with Gasteiger partial charge in [0.2, 0.25) is 0 Å². The fourth-order valence-electron chi connectivity index (χ4n) is 1.05. The number of hydrazone groups is 1. The van der Waals surface area contributed by atoms with E-state index < -0.39 is 4.92 Å². The van der Waals surface area contributed by atoms with Gasteiger partial charge in [0.25, 0.3) is 5.69 Å².